The standard InChI is InChI=1S/C12H20N2O2S/c1-4-8-14(3)17(15,16)12-7-5-6-11(9-12)10(2)13/h5-7,9-10H,4,8,13H2,1-3H3. The van der Waals surface area contributed by atoms with Gasteiger partial charge < -0.3 is 5.73 Å². The van der Waals surface area contributed by atoms with Gasteiger partial charge >= 0.3 is 0 Å². The van der Waals surface area contributed by atoms with Gasteiger partial charge in [0, 0.05) is 19.6 Å². The lowest BCUT2D eigenvalue weighted by atomic mass is 10.1. The quantitative estimate of drug-likeness (QED) is 0.872. The van der Waals surface area contributed by atoms with Crippen LogP contribution in [0.4, 0.5) is 0 Å². The van der Waals surface area contributed by atoms with E-state index in [-0.39, 0.29) is 6.04 Å². The number of benzene rings is 1. The lowest BCUT2D eigenvalue weighted by Gasteiger charge is -2.17. The molecule has 0 bridgehead atoms. The average molecular weight is 256 g/mol. The molecule has 1 unspecified atom stereocenters. The van der Waals surface area contributed by atoms with Crippen LogP contribution >= 0.6 is 0 Å². The van der Waals surface area contributed by atoms with Crippen molar-refractivity contribution in [3.63, 3.8) is 0 Å². The fourth-order valence-electron chi connectivity index (χ4n) is 1.57. The summed E-state index contributed by atoms with van der Waals surface area (Å²) in [4.78, 5) is 0.309. The van der Waals surface area contributed by atoms with Crippen LogP contribution in [0, 0.1) is 0 Å². The van der Waals surface area contributed by atoms with E-state index in [0.29, 0.717) is 11.4 Å². The van der Waals surface area contributed by atoms with Crippen molar-refractivity contribution in [2.75, 3.05) is 13.6 Å². The second kappa shape index (κ2) is 5.62. The molecule has 96 valence electrons. The molecule has 0 aliphatic carbocycles. The molecule has 0 aliphatic rings. The number of hydrogen-bond donors (Lipinski definition) is 1. The van der Waals surface area contributed by atoms with Crippen molar-refractivity contribution in [1.29, 1.82) is 0 Å². The van der Waals surface area contributed by atoms with Crippen LogP contribution in [0.1, 0.15) is 31.9 Å². The zero-order valence-corrected chi connectivity index (χ0v) is 11.4. The molecule has 0 radical (unpaired) electrons. The van der Waals surface area contributed by atoms with Gasteiger partial charge in [0.25, 0.3) is 0 Å². The molecular formula is C12H20N2O2S. The molecule has 0 fully saturated rings. The zero-order valence-electron chi connectivity index (χ0n) is 10.6. The fraction of sp³-hybridized carbons (Fsp3) is 0.500. The van der Waals surface area contributed by atoms with Crippen molar-refractivity contribution in [3.8, 4) is 0 Å². The van der Waals surface area contributed by atoms with Crippen LogP contribution in [-0.2, 0) is 10.0 Å². The molecule has 1 atom stereocenters. The molecule has 4 nitrogen and oxygen atoms in total. The van der Waals surface area contributed by atoms with Crippen LogP contribution in [0.2, 0.25) is 0 Å². The van der Waals surface area contributed by atoms with Crippen LogP contribution in [-0.4, -0.2) is 26.3 Å². The van der Waals surface area contributed by atoms with Crippen molar-refractivity contribution in [3.05, 3.63) is 29.8 Å². The molecule has 1 aromatic rings. The molecule has 0 aliphatic heterocycles. The minimum absolute atomic E-state index is 0.165. The summed E-state index contributed by atoms with van der Waals surface area (Å²) >= 11 is 0. The molecule has 0 saturated heterocycles. The number of hydrogen-bond acceptors (Lipinski definition) is 3. The summed E-state index contributed by atoms with van der Waals surface area (Å²) in [5.41, 5.74) is 6.58. The highest BCUT2D eigenvalue weighted by molar-refractivity contribution is 7.89. The van der Waals surface area contributed by atoms with Gasteiger partial charge in [-0.05, 0) is 31.0 Å². The third-order valence-corrected chi connectivity index (χ3v) is 4.48. The Morgan fingerprint density at radius 3 is 2.59 bits per heavy atom. The van der Waals surface area contributed by atoms with Gasteiger partial charge in [-0.1, -0.05) is 19.1 Å². The Morgan fingerprint density at radius 1 is 1.41 bits per heavy atom. The van der Waals surface area contributed by atoms with E-state index < -0.39 is 10.0 Å². The van der Waals surface area contributed by atoms with Crippen molar-refractivity contribution < 1.29 is 8.42 Å². The van der Waals surface area contributed by atoms with E-state index in [1.165, 1.54) is 4.31 Å². The Bertz CT molecular complexity index is 469. The minimum Gasteiger partial charge on any atom is -0.324 e. The Kier molecular flexibility index (Phi) is 4.68. The third-order valence-electron chi connectivity index (χ3n) is 2.63. The van der Waals surface area contributed by atoms with Crippen molar-refractivity contribution in [1.82, 2.24) is 4.31 Å². The topological polar surface area (TPSA) is 63.4 Å². The molecule has 0 aromatic heterocycles. The van der Waals surface area contributed by atoms with Crippen molar-refractivity contribution in [2.45, 2.75) is 31.2 Å². The first-order chi connectivity index (χ1) is 7.89. The normalized spacial score (nSPS) is 13.9. The highest BCUT2D eigenvalue weighted by Gasteiger charge is 2.20. The van der Waals surface area contributed by atoms with Gasteiger partial charge in [0.1, 0.15) is 0 Å². The number of nitrogens with zero attached hydrogens (tertiary/aromatic N) is 1. The number of sulfonamides is 1. The molecule has 1 rings (SSSR count). The molecule has 0 amide bonds. The fourth-order valence-corrected chi connectivity index (χ4v) is 2.89. The van der Waals surface area contributed by atoms with Gasteiger partial charge in [-0.15, -0.1) is 0 Å². The smallest absolute Gasteiger partial charge is 0.242 e. The lowest BCUT2D eigenvalue weighted by Crippen LogP contribution is -2.27. The van der Waals surface area contributed by atoms with Gasteiger partial charge in [0.15, 0.2) is 0 Å². The number of rotatable bonds is 5. The zero-order chi connectivity index (χ0) is 13.1. The summed E-state index contributed by atoms with van der Waals surface area (Å²) in [5, 5.41) is 0. The van der Waals surface area contributed by atoms with E-state index in [2.05, 4.69) is 0 Å². The number of nitrogens with two attached hydrogens (primary N) is 1. The highest BCUT2D eigenvalue weighted by atomic mass is 32.2. The Hall–Kier alpha value is -0.910. The van der Waals surface area contributed by atoms with E-state index in [1.54, 1.807) is 25.2 Å². The van der Waals surface area contributed by atoms with Crippen LogP contribution in [0.25, 0.3) is 0 Å². The first-order valence-electron chi connectivity index (χ1n) is 5.71. The highest BCUT2D eigenvalue weighted by Crippen LogP contribution is 2.18. The predicted molar refractivity (Wildman–Crippen MR) is 69.2 cm³/mol. The van der Waals surface area contributed by atoms with Crippen molar-refractivity contribution >= 4 is 10.0 Å². The third kappa shape index (κ3) is 3.28. The molecule has 2 N–H and O–H groups in total. The van der Waals surface area contributed by atoms with E-state index >= 15 is 0 Å². The van der Waals surface area contributed by atoms with E-state index in [1.807, 2.05) is 19.9 Å². The molecular weight excluding hydrogens is 236 g/mol. The SMILES string of the molecule is CCCN(C)S(=O)(=O)c1cccc(C(C)N)c1. The predicted octanol–water partition coefficient (Wildman–Crippen LogP) is 1.74. The van der Waals surface area contributed by atoms with Crippen LogP contribution < -0.4 is 5.73 Å². The summed E-state index contributed by atoms with van der Waals surface area (Å²) in [5.74, 6) is 0. The summed E-state index contributed by atoms with van der Waals surface area (Å²) in [7, 11) is -1.78. The molecule has 1 aromatic carbocycles. The van der Waals surface area contributed by atoms with Gasteiger partial charge in [-0.3, -0.25) is 0 Å². The minimum atomic E-state index is -3.38. The maximum absolute atomic E-state index is 12.2. The second-order valence-corrected chi connectivity index (χ2v) is 6.23. The summed E-state index contributed by atoms with van der Waals surface area (Å²) in [6, 6.07) is 6.65. The van der Waals surface area contributed by atoms with E-state index in [0.717, 1.165) is 12.0 Å². The first kappa shape index (κ1) is 14.2. The first-order valence-corrected chi connectivity index (χ1v) is 7.15. The van der Waals surface area contributed by atoms with Crippen LogP contribution in [0.15, 0.2) is 29.2 Å². The van der Waals surface area contributed by atoms with Crippen molar-refractivity contribution in [2.24, 2.45) is 5.73 Å². The van der Waals surface area contributed by atoms with Crippen LogP contribution in [0.3, 0.4) is 0 Å². The van der Waals surface area contributed by atoms with Gasteiger partial charge in [0.2, 0.25) is 10.0 Å². The summed E-state index contributed by atoms with van der Waals surface area (Å²) < 4.78 is 25.7. The molecule has 0 saturated carbocycles. The average Bonchev–Trinajstić information content (AvgIpc) is 2.29. The Labute approximate surface area is 103 Å². The molecule has 0 heterocycles. The lowest BCUT2D eigenvalue weighted by molar-refractivity contribution is 0.468. The monoisotopic (exact) mass is 256 g/mol. The van der Waals surface area contributed by atoms with Gasteiger partial charge in [-0.25, -0.2) is 12.7 Å². The van der Waals surface area contributed by atoms with Crippen LogP contribution in [0.5, 0.6) is 0 Å². The van der Waals surface area contributed by atoms with Gasteiger partial charge in [-0.2, -0.15) is 0 Å². The molecule has 17 heavy (non-hydrogen) atoms. The second-order valence-electron chi connectivity index (χ2n) is 4.19. The Balaban J connectivity index is 3.11. The summed E-state index contributed by atoms with van der Waals surface area (Å²) in [6.45, 7) is 4.30. The van der Waals surface area contributed by atoms with E-state index in [4.69, 9.17) is 5.73 Å². The van der Waals surface area contributed by atoms with E-state index in [9.17, 15) is 8.42 Å². The van der Waals surface area contributed by atoms with Gasteiger partial charge in [0.05, 0.1) is 4.90 Å². The maximum atomic E-state index is 12.2. The molecule has 5 heteroatoms. The molecule has 0 spiro atoms. The maximum Gasteiger partial charge on any atom is 0.242 e. The summed E-state index contributed by atoms with van der Waals surface area (Å²) in [6.07, 6.45) is 0.794. The Morgan fingerprint density at radius 2 is 2.06 bits per heavy atom. The largest absolute Gasteiger partial charge is 0.324 e.